The van der Waals surface area contributed by atoms with Crippen LogP contribution in [0.15, 0.2) is 12.3 Å². The molecular weight excluding hydrogens is 230 g/mol. The number of hydrogen-bond acceptors (Lipinski definition) is 4. The van der Waals surface area contributed by atoms with Crippen molar-refractivity contribution < 1.29 is 4.79 Å². The van der Waals surface area contributed by atoms with Crippen molar-refractivity contribution in [3.8, 4) is 0 Å². The monoisotopic (exact) mass is 251 g/mol. The SMILES string of the molecule is CN(CCN1CCNCC1)C(=O)c1ccnn1C. The Morgan fingerprint density at radius 1 is 1.50 bits per heavy atom. The van der Waals surface area contributed by atoms with E-state index >= 15 is 0 Å². The predicted octanol–water partition coefficient (Wildman–Crippen LogP) is -0.603. The lowest BCUT2D eigenvalue weighted by atomic mass is 10.3. The molecule has 0 radical (unpaired) electrons. The minimum atomic E-state index is 0.0325. The van der Waals surface area contributed by atoms with Gasteiger partial charge in [-0.15, -0.1) is 0 Å². The molecule has 0 saturated carbocycles. The molecule has 1 aliphatic rings. The smallest absolute Gasteiger partial charge is 0.271 e. The van der Waals surface area contributed by atoms with E-state index in [9.17, 15) is 4.79 Å². The van der Waals surface area contributed by atoms with E-state index in [0.29, 0.717) is 5.69 Å². The van der Waals surface area contributed by atoms with Crippen LogP contribution in [0.4, 0.5) is 0 Å². The van der Waals surface area contributed by atoms with E-state index in [1.165, 1.54) is 0 Å². The number of carbonyl (C=O) groups excluding carboxylic acids is 1. The van der Waals surface area contributed by atoms with Gasteiger partial charge >= 0.3 is 0 Å². The first-order valence-electron chi connectivity index (χ1n) is 6.35. The van der Waals surface area contributed by atoms with Crippen LogP contribution in [0.1, 0.15) is 10.5 Å². The van der Waals surface area contributed by atoms with E-state index in [1.807, 2.05) is 7.05 Å². The fourth-order valence-electron chi connectivity index (χ4n) is 2.11. The number of aryl methyl sites for hydroxylation is 1. The fourth-order valence-corrected chi connectivity index (χ4v) is 2.11. The molecule has 100 valence electrons. The van der Waals surface area contributed by atoms with Gasteiger partial charge in [0.2, 0.25) is 0 Å². The van der Waals surface area contributed by atoms with Crippen LogP contribution in [0.25, 0.3) is 0 Å². The molecule has 0 spiro atoms. The summed E-state index contributed by atoms with van der Waals surface area (Å²) in [4.78, 5) is 16.3. The average molecular weight is 251 g/mol. The summed E-state index contributed by atoms with van der Waals surface area (Å²) in [6.07, 6.45) is 1.65. The zero-order chi connectivity index (χ0) is 13.0. The summed E-state index contributed by atoms with van der Waals surface area (Å²) in [5.41, 5.74) is 0.637. The molecule has 1 amide bonds. The standard InChI is InChI=1S/C12H21N5O/c1-15(9-10-17-7-5-13-6-8-17)12(18)11-3-4-14-16(11)2/h3-4,13H,5-10H2,1-2H3. The molecule has 2 heterocycles. The largest absolute Gasteiger partial charge is 0.339 e. The van der Waals surface area contributed by atoms with Gasteiger partial charge in [0.25, 0.3) is 5.91 Å². The van der Waals surface area contributed by atoms with Crippen LogP contribution in [0.2, 0.25) is 0 Å². The number of hydrogen-bond donors (Lipinski definition) is 1. The van der Waals surface area contributed by atoms with Crippen LogP contribution in [-0.2, 0) is 7.05 Å². The fraction of sp³-hybridized carbons (Fsp3) is 0.667. The second-order valence-electron chi connectivity index (χ2n) is 4.66. The van der Waals surface area contributed by atoms with Crippen LogP contribution in [0.3, 0.4) is 0 Å². The molecular formula is C12H21N5O. The van der Waals surface area contributed by atoms with Crippen molar-refractivity contribution in [3.05, 3.63) is 18.0 Å². The van der Waals surface area contributed by atoms with Gasteiger partial charge in [0, 0.05) is 59.6 Å². The Kier molecular flexibility index (Phi) is 4.33. The number of nitrogens with zero attached hydrogens (tertiary/aromatic N) is 4. The number of aromatic nitrogens is 2. The zero-order valence-corrected chi connectivity index (χ0v) is 11.1. The minimum absolute atomic E-state index is 0.0325. The Balaban J connectivity index is 1.82. The van der Waals surface area contributed by atoms with Gasteiger partial charge in [-0.25, -0.2) is 0 Å². The molecule has 1 fully saturated rings. The molecule has 18 heavy (non-hydrogen) atoms. The predicted molar refractivity (Wildman–Crippen MR) is 69.5 cm³/mol. The summed E-state index contributed by atoms with van der Waals surface area (Å²) in [5.74, 6) is 0.0325. The molecule has 1 aliphatic heterocycles. The maximum absolute atomic E-state index is 12.1. The first-order chi connectivity index (χ1) is 8.68. The Morgan fingerprint density at radius 3 is 2.83 bits per heavy atom. The molecule has 1 aromatic heterocycles. The van der Waals surface area contributed by atoms with E-state index in [0.717, 1.165) is 39.3 Å². The molecule has 1 aromatic rings. The number of carbonyl (C=O) groups is 1. The van der Waals surface area contributed by atoms with Gasteiger partial charge in [-0.2, -0.15) is 5.10 Å². The summed E-state index contributed by atoms with van der Waals surface area (Å²) >= 11 is 0. The van der Waals surface area contributed by atoms with Crippen LogP contribution < -0.4 is 5.32 Å². The molecule has 0 unspecified atom stereocenters. The topological polar surface area (TPSA) is 53.4 Å². The number of nitrogens with one attached hydrogen (secondary N) is 1. The van der Waals surface area contributed by atoms with Crippen molar-refractivity contribution in [1.29, 1.82) is 0 Å². The van der Waals surface area contributed by atoms with Crippen LogP contribution in [0, 0.1) is 0 Å². The summed E-state index contributed by atoms with van der Waals surface area (Å²) in [6.45, 7) is 5.89. The second kappa shape index (κ2) is 5.97. The third-order valence-electron chi connectivity index (χ3n) is 3.35. The Hall–Kier alpha value is -1.40. The Labute approximate surface area is 108 Å². The summed E-state index contributed by atoms with van der Waals surface area (Å²) in [6, 6.07) is 1.75. The minimum Gasteiger partial charge on any atom is -0.339 e. The molecule has 0 bridgehead atoms. The van der Waals surface area contributed by atoms with Crippen molar-refractivity contribution in [3.63, 3.8) is 0 Å². The highest BCUT2D eigenvalue weighted by Gasteiger charge is 2.16. The Bertz CT molecular complexity index is 397. The van der Waals surface area contributed by atoms with Gasteiger partial charge < -0.3 is 10.2 Å². The number of rotatable bonds is 4. The maximum atomic E-state index is 12.1. The number of amides is 1. The van der Waals surface area contributed by atoms with Gasteiger partial charge in [0.05, 0.1) is 0 Å². The third-order valence-corrected chi connectivity index (χ3v) is 3.35. The lowest BCUT2D eigenvalue weighted by Gasteiger charge is -2.29. The highest BCUT2D eigenvalue weighted by Crippen LogP contribution is 2.02. The highest BCUT2D eigenvalue weighted by atomic mass is 16.2. The average Bonchev–Trinajstić information content (AvgIpc) is 2.82. The molecule has 6 heteroatoms. The van der Waals surface area contributed by atoms with Crippen LogP contribution >= 0.6 is 0 Å². The third kappa shape index (κ3) is 3.08. The van der Waals surface area contributed by atoms with Gasteiger partial charge in [-0.1, -0.05) is 0 Å². The number of piperazine rings is 1. The maximum Gasteiger partial charge on any atom is 0.271 e. The van der Waals surface area contributed by atoms with Gasteiger partial charge in [0.1, 0.15) is 5.69 Å². The van der Waals surface area contributed by atoms with Gasteiger partial charge in [-0.05, 0) is 6.07 Å². The van der Waals surface area contributed by atoms with Gasteiger partial charge in [0.15, 0.2) is 0 Å². The molecule has 1 saturated heterocycles. The summed E-state index contributed by atoms with van der Waals surface area (Å²) < 4.78 is 1.61. The van der Waals surface area contributed by atoms with Crippen molar-refractivity contribution in [2.45, 2.75) is 0 Å². The molecule has 1 N–H and O–H groups in total. The van der Waals surface area contributed by atoms with E-state index in [-0.39, 0.29) is 5.91 Å². The van der Waals surface area contributed by atoms with E-state index in [2.05, 4.69) is 15.3 Å². The lowest BCUT2D eigenvalue weighted by molar-refractivity contribution is 0.0764. The number of likely N-dealkylation sites (N-methyl/N-ethyl adjacent to an activating group) is 1. The van der Waals surface area contributed by atoms with Crippen molar-refractivity contribution in [2.24, 2.45) is 7.05 Å². The molecule has 6 nitrogen and oxygen atoms in total. The summed E-state index contributed by atoms with van der Waals surface area (Å²) in [7, 11) is 3.63. The van der Waals surface area contributed by atoms with Crippen LogP contribution in [-0.4, -0.2) is 71.8 Å². The second-order valence-corrected chi connectivity index (χ2v) is 4.66. The lowest BCUT2D eigenvalue weighted by Crippen LogP contribution is -2.46. The van der Waals surface area contributed by atoms with E-state index in [1.54, 1.807) is 28.9 Å². The van der Waals surface area contributed by atoms with E-state index in [4.69, 9.17) is 0 Å². The normalized spacial score (nSPS) is 16.8. The van der Waals surface area contributed by atoms with Gasteiger partial charge in [-0.3, -0.25) is 14.4 Å². The molecule has 0 aliphatic carbocycles. The summed E-state index contributed by atoms with van der Waals surface area (Å²) in [5, 5.41) is 7.34. The highest BCUT2D eigenvalue weighted by molar-refractivity contribution is 5.92. The van der Waals surface area contributed by atoms with Crippen LogP contribution in [0.5, 0.6) is 0 Å². The Morgan fingerprint density at radius 2 is 2.22 bits per heavy atom. The van der Waals surface area contributed by atoms with Crippen molar-refractivity contribution >= 4 is 5.91 Å². The molecule has 2 rings (SSSR count). The first kappa shape index (κ1) is 13.0. The van der Waals surface area contributed by atoms with Crippen molar-refractivity contribution in [1.82, 2.24) is 24.9 Å². The van der Waals surface area contributed by atoms with E-state index < -0.39 is 0 Å². The zero-order valence-electron chi connectivity index (χ0n) is 11.1. The molecule has 0 aromatic carbocycles. The first-order valence-corrected chi connectivity index (χ1v) is 6.35. The van der Waals surface area contributed by atoms with Crippen molar-refractivity contribution in [2.75, 3.05) is 46.3 Å². The molecule has 0 atom stereocenters. The quantitative estimate of drug-likeness (QED) is 0.776.